The highest BCUT2D eigenvalue weighted by Gasteiger charge is 2.34. The monoisotopic (exact) mass is 241 g/mol. The van der Waals surface area contributed by atoms with E-state index in [1.807, 2.05) is 0 Å². The normalized spacial score (nSPS) is 38.8. The molecule has 100 valence electrons. The van der Waals surface area contributed by atoms with E-state index in [-0.39, 0.29) is 0 Å². The quantitative estimate of drug-likeness (QED) is 0.790. The van der Waals surface area contributed by atoms with Crippen LogP contribution in [0.2, 0.25) is 0 Å². The van der Waals surface area contributed by atoms with Crippen LogP contribution in [0.15, 0.2) is 0 Å². The van der Waals surface area contributed by atoms with E-state index in [0.29, 0.717) is 25.8 Å². The zero-order valence-corrected chi connectivity index (χ0v) is 11.2. The molecule has 1 heterocycles. The Bertz CT molecular complexity index is 236. The van der Waals surface area contributed by atoms with Crippen LogP contribution in [-0.2, 0) is 4.74 Å². The van der Waals surface area contributed by atoms with Crippen LogP contribution in [-0.4, -0.2) is 36.5 Å². The summed E-state index contributed by atoms with van der Waals surface area (Å²) in [4.78, 5) is 0. The van der Waals surface area contributed by atoms with E-state index in [1.165, 1.54) is 25.7 Å². The molecule has 1 aliphatic heterocycles. The van der Waals surface area contributed by atoms with E-state index in [0.717, 1.165) is 18.3 Å². The first-order chi connectivity index (χ1) is 8.11. The van der Waals surface area contributed by atoms with Crippen LogP contribution < -0.4 is 5.32 Å². The lowest BCUT2D eigenvalue weighted by atomic mass is 9.77. The molecular formula is C14H27NO2. The first kappa shape index (κ1) is 13.3. The molecule has 0 bridgehead atoms. The fraction of sp³-hybridized carbons (Fsp3) is 1.00. The third kappa shape index (κ3) is 3.43. The van der Waals surface area contributed by atoms with E-state index < -0.39 is 5.60 Å². The average molecular weight is 241 g/mol. The maximum Gasteiger partial charge on any atom is 0.102 e. The lowest BCUT2D eigenvalue weighted by Gasteiger charge is -2.36. The Hall–Kier alpha value is -0.120. The zero-order chi connectivity index (χ0) is 12.3. The summed E-state index contributed by atoms with van der Waals surface area (Å²) in [7, 11) is 0. The summed E-state index contributed by atoms with van der Waals surface area (Å²) >= 11 is 0. The Morgan fingerprint density at radius 2 is 2.12 bits per heavy atom. The lowest BCUT2D eigenvalue weighted by molar-refractivity contribution is 0.0202. The van der Waals surface area contributed by atoms with Crippen molar-refractivity contribution in [3.63, 3.8) is 0 Å². The van der Waals surface area contributed by atoms with Gasteiger partial charge in [0.05, 0.1) is 6.61 Å². The van der Waals surface area contributed by atoms with E-state index in [9.17, 15) is 5.11 Å². The molecule has 1 aliphatic carbocycles. The van der Waals surface area contributed by atoms with Crippen LogP contribution in [0.25, 0.3) is 0 Å². The van der Waals surface area contributed by atoms with Crippen molar-refractivity contribution in [2.24, 2.45) is 11.8 Å². The van der Waals surface area contributed by atoms with Crippen LogP contribution in [0.1, 0.15) is 46.0 Å². The summed E-state index contributed by atoms with van der Waals surface area (Å²) in [5.41, 5.74) is -0.612. The summed E-state index contributed by atoms with van der Waals surface area (Å²) in [5.74, 6) is 1.51. The molecule has 1 saturated carbocycles. The molecule has 0 amide bonds. The van der Waals surface area contributed by atoms with Crippen molar-refractivity contribution in [1.82, 2.24) is 5.32 Å². The summed E-state index contributed by atoms with van der Waals surface area (Å²) < 4.78 is 5.28. The molecule has 3 nitrogen and oxygen atoms in total. The molecule has 3 atom stereocenters. The molecule has 3 heteroatoms. The number of ether oxygens (including phenoxy) is 1. The van der Waals surface area contributed by atoms with E-state index in [2.05, 4.69) is 19.2 Å². The lowest BCUT2D eigenvalue weighted by Crippen LogP contribution is -2.49. The van der Waals surface area contributed by atoms with E-state index in [1.54, 1.807) is 0 Å². The molecule has 17 heavy (non-hydrogen) atoms. The second kappa shape index (κ2) is 5.68. The van der Waals surface area contributed by atoms with Gasteiger partial charge in [-0.15, -0.1) is 0 Å². The number of nitrogens with one attached hydrogen (secondary N) is 1. The van der Waals surface area contributed by atoms with Crippen molar-refractivity contribution in [2.75, 3.05) is 19.8 Å². The molecule has 0 radical (unpaired) electrons. The predicted molar refractivity (Wildman–Crippen MR) is 69.0 cm³/mol. The summed E-state index contributed by atoms with van der Waals surface area (Å²) in [6.45, 7) is 6.53. The Balaban J connectivity index is 1.83. The topological polar surface area (TPSA) is 41.5 Å². The molecular weight excluding hydrogens is 214 g/mol. The van der Waals surface area contributed by atoms with Crippen LogP contribution in [0, 0.1) is 11.8 Å². The van der Waals surface area contributed by atoms with Gasteiger partial charge in [0.2, 0.25) is 0 Å². The summed E-state index contributed by atoms with van der Waals surface area (Å²) in [6, 6.07) is 0.591. The Morgan fingerprint density at radius 1 is 1.35 bits per heavy atom. The fourth-order valence-corrected chi connectivity index (χ4v) is 3.27. The molecule has 2 aliphatic rings. The highest BCUT2D eigenvalue weighted by atomic mass is 16.5. The molecule has 3 unspecified atom stereocenters. The number of hydrogen-bond donors (Lipinski definition) is 2. The Labute approximate surface area is 105 Å². The second-order valence-electron chi connectivity index (χ2n) is 6.21. The number of hydrogen-bond acceptors (Lipinski definition) is 3. The van der Waals surface area contributed by atoms with Gasteiger partial charge in [-0.25, -0.2) is 0 Å². The van der Waals surface area contributed by atoms with Gasteiger partial charge >= 0.3 is 0 Å². The highest BCUT2D eigenvalue weighted by molar-refractivity contribution is 4.89. The maximum absolute atomic E-state index is 10.3. The number of rotatable bonds is 4. The maximum atomic E-state index is 10.3. The van der Waals surface area contributed by atoms with Crippen molar-refractivity contribution < 1.29 is 9.84 Å². The van der Waals surface area contributed by atoms with Crippen molar-refractivity contribution in [3.8, 4) is 0 Å². The molecule has 0 aromatic rings. The highest BCUT2D eigenvalue weighted by Crippen LogP contribution is 2.30. The Kier molecular flexibility index (Phi) is 4.45. The minimum absolute atomic E-state index is 0.499. The molecule has 0 aromatic carbocycles. The van der Waals surface area contributed by atoms with Gasteiger partial charge in [0.25, 0.3) is 0 Å². The van der Waals surface area contributed by atoms with Crippen LogP contribution in [0.5, 0.6) is 0 Å². The van der Waals surface area contributed by atoms with Gasteiger partial charge in [0, 0.05) is 25.6 Å². The second-order valence-corrected chi connectivity index (χ2v) is 6.21. The van der Waals surface area contributed by atoms with E-state index in [4.69, 9.17) is 4.74 Å². The fourth-order valence-electron chi connectivity index (χ4n) is 3.27. The summed E-state index contributed by atoms with van der Waals surface area (Å²) in [6.07, 6.45) is 6.08. The van der Waals surface area contributed by atoms with Crippen molar-refractivity contribution in [2.45, 2.75) is 57.6 Å². The molecule has 2 rings (SSSR count). The first-order valence-electron chi connectivity index (χ1n) is 7.14. The van der Waals surface area contributed by atoms with Gasteiger partial charge in [-0.2, -0.15) is 0 Å². The minimum Gasteiger partial charge on any atom is -0.386 e. The molecule has 0 spiro atoms. The van der Waals surface area contributed by atoms with Gasteiger partial charge in [-0.05, 0) is 24.7 Å². The standard InChI is InChI=1S/C14H27NO2/c1-11(2)12-5-3-4-6-13(12)15-9-14(16)7-8-17-10-14/h11-13,15-16H,3-10H2,1-2H3. The van der Waals surface area contributed by atoms with Crippen LogP contribution >= 0.6 is 0 Å². The van der Waals surface area contributed by atoms with Gasteiger partial charge < -0.3 is 15.2 Å². The van der Waals surface area contributed by atoms with Gasteiger partial charge in [-0.3, -0.25) is 0 Å². The molecule has 0 aromatic heterocycles. The molecule has 2 N–H and O–H groups in total. The van der Waals surface area contributed by atoms with Crippen LogP contribution in [0.3, 0.4) is 0 Å². The number of aliphatic hydroxyl groups is 1. The smallest absolute Gasteiger partial charge is 0.102 e. The van der Waals surface area contributed by atoms with E-state index >= 15 is 0 Å². The molecule has 2 fully saturated rings. The predicted octanol–water partition coefficient (Wildman–Crippen LogP) is 1.94. The van der Waals surface area contributed by atoms with Gasteiger partial charge in [0.15, 0.2) is 0 Å². The molecule has 1 saturated heterocycles. The van der Waals surface area contributed by atoms with Crippen molar-refractivity contribution in [3.05, 3.63) is 0 Å². The SMILES string of the molecule is CC(C)C1CCCCC1NCC1(O)CCOC1. The van der Waals surface area contributed by atoms with Gasteiger partial charge in [-0.1, -0.05) is 26.7 Å². The largest absolute Gasteiger partial charge is 0.386 e. The Morgan fingerprint density at radius 3 is 2.76 bits per heavy atom. The van der Waals surface area contributed by atoms with Crippen LogP contribution in [0.4, 0.5) is 0 Å². The van der Waals surface area contributed by atoms with Crippen molar-refractivity contribution >= 4 is 0 Å². The van der Waals surface area contributed by atoms with Crippen molar-refractivity contribution in [1.29, 1.82) is 0 Å². The minimum atomic E-state index is -0.612. The third-order valence-electron chi connectivity index (χ3n) is 4.45. The summed E-state index contributed by atoms with van der Waals surface area (Å²) in [5, 5.41) is 13.9. The average Bonchev–Trinajstić information content (AvgIpc) is 2.74. The third-order valence-corrected chi connectivity index (χ3v) is 4.45. The first-order valence-corrected chi connectivity index (χ1v) is 7.14. The zero-order valence-electron chi connectivity index (χ0n) is 11.2. The van der Waals surface area contributed by atoms with Gasteiger partial charge in [0.1, 0.15) is 5.60 Å².